The van der Waals surface area contributed by atoms with Gasteiger partial charge in [-0.1, -0.05) is 29.3 Å². The van der Waals surface area contributed by atoms with Gasteiger partial charge in [0.25, 0.3) is 0 Å². The van der Waals surface area contributed by atoms with Gasteiger partial charge in [-0.25, -0.2) is 4.98 Å². The minimum Gasteiger partial charge on any atom is -0.325 e. The number of pyridine rings is 1. The Kier molecular flexibility index (Phi) is 3.33. The molecule has 3 rings (SSSR count). The molecule has 0 N–H and O–H groups in total. The Labute approximate surface area is 123 Å². The highest BCUT2D eigenvalue weighted by molar-refractivity contribution is 6.34. The lowest BCUT2D eigenvalue weighted by Gasteiger charge is -2.31. The summed E-state index contributed by atoms with van der Waals surface area (Å²) in [5.74, 6) is 0.676. The van der Waals surface area contributed by atoms with Crippen LogP contribution in [0.25, 0.3) is 0 Å². The second-order valence-corrected chi connectivity index (χ2v) is 5.37. The summed E-state index contributed by atoms with van der Waals surface area (Å²) in [6.45, 7) is 2.97. The molecule has 2 heterocycles. The summed E-state index contributed by atoms with van der Waals surface area (Å²) >= 11 is 6.31. The number of hydrogen-bond donors (Lipinski definition) is 0. The molecule has 0 aliphatic carbocycles. The number of aryl methyl sites for hydroxylation is 2. The third-order valence-electron chi connectivity index (χ3n) is 3.60. The second-order valence-electron chi connectivity index (χ2n) is 5.00. The van der Waals surface area contributed by atoms with Crippen molar-refractivity contribution in [2.45, 2.75) is 19.8 Å². The van der Waals surface area contributed by atoms with Crippen LogP contribution in [-0.4, -0.2) is 11.5 Å². The lowest BCUT2D eigenvalue weighted by molar-refractivity contribution is 0.759. The van der Waals surface area contributed by atoms with E-state index in [0.717, 1.165) is 25.1 Å². The maximum absolute atomic E-state index is 9.09. The van der Waals surface area contributed by atoms with Gasteiger partial charge >= 0.3 is 0 Å². The first-order valence-electron chi connectivity index (χ1n) is 6.62. The number of benzene rings is 1. The fraction of sp³-hybridized carbons (Fsp3) is 0.250. The molecule has 4 heteroatoms. The molecule has 0 bridgehead atoms. The van der Waals surface area contributed by atoms with Gasteiger partial charge in [0, 0.05) is 18.4 Å². The Bertz CT molecular complexity index is 703. The van der Waals surface area contributed by atoms with Crippen LogP contribution in [0.3, 0.4) is 0 Å². The van der Waals surface area contributed by atoms with Crippen LogP contribution in [-0.2, 0) is 6.42 Å². The van der Waals surface area contributed by atoms with Crippen molar-refractivity contribution >= 4 is 23.1 Å². The molecule has 1 aliphatic rings. The van der Waals surface area contributed by atoms with Gasteiger partial charge in [0.1, 0.15) is 11.1 Å². The molecule has 1 aromatic heterocycles. The number of nitrogens with zero attached hydrogens (tertiary/aromatic N) is 3. The van der Waals surface area contributed by atoms with Gasteiger partial charge < -0.3 is 4.90 Å². The van der Waals surface area contributed by atoms with Gasteiger partial charge in [-0.15, -0.1) is 0 Å². The highest BCUT2D eigenvalue weighted by Gasteiger charge is 2.22. The predicted molar refractivity (Wildman–Crippen MR) is 80.5 cm³/mol. The molecule has 0 amide bonds. The molecule has 2 aromatic rings. The minimum absolute atomic E-state index is 0.434. The van der Waals surface area contributed by atoms with E-state index in [1.54, 1.807) is 12.3 Å². The van der Waals surface area contributed by atoms with Crippen LogP contribution in [0, 0.1) is 18.3 Å². The topological polar surface area (TPSA) is 39.9 Å². The van der Waals surface area contributed by atoms with Crippen LogP contribution in [0.15, 0.2) is 30.5 Å². The smallest absolute Gasteiger partial charge is 0.153 e. The fourth-order valence-corrected chi connectivity index (χ4v) is 2.91. The SMILES string of the molecule is Cc1ccc2c(c1)CCCN2c1nccc(C#N)c1Cl. The van der Waals surface area contributed by atoms with E-state index >= 15 is 0 Å². The van der Waals surface area contributed by atoms with Crippen molar-refractivity contribution in [3.8, 4) is 6.07 Å². The van der Waals surface area contributed by atoms with Crippen LogP contribution in [0.5, 0.6) is 0 Å². The van der Waals surface area contributed by atoms with Gasteiger partial charge in [0.15, 0.2) is 5.82 Å². The average Bonchev–Trinajstić information content (AvgIpc) is 2.46. The summed E-state index contributed by atoms with van der Waals surface area (Å²) in [7, 11) is 0. The fourth-order valence-electron chi connectivity index (χ4n) is 2.65. The maximum Gasteiger partial charge on any atom is 0.153 e. The summed E-state index contributed by atoms with van der Waals surface area (Å²) < 4.78 is 0. The van der Waals surface area contributed by atoms with Crippen molar-refractivity contribution < 1.29 is 0 Å². The van der Waals surface area contributed by atoms with Gasteiger partial charge in [-0.2, -0.15) is 5.26 Å². The summed E-state index contributed by atoms with van der Waals surface area (Å²) in [6, 6.07) is 10.2. The zero-order valence-electron chi connectivity index (χ0n) is 11.2. The molecule has 0 fully saturated rings. The Morgan fingerprint density at radius 1 is 1.35 bits per heavy atom. The molecule has 0 atom stereocenters. The van der Waals surface area contributed by atoms with E-state index in [9.17, 15) is 0 Å². The molecule has 0 saturated heterocycles. The number of anilines is 2. The molecule has 3 nitrogen and oxygen atoms in total. The molecular weight excluding hydrogens is 270 g/mol. The molecule has 20 heavy (non-hydrogen) atoms. The van der Waals surface area contributed by atoms with Crippen molar-refractivity contribution in [3.63, 3.8) is 0 Å². The quantitative estimate of drug-likeness (QED) is 0.794. The van der Waals surface area contributed by atoms with Gasteiger partial charge in [-0.05, 0) is 37.5 Å². The largest absolute Gasteiger partial charge is 0.325 e. The first-order valence-corrected chi connectivity index (χ1v) is 7.00. The lowest BCUT2D eigenvalue weighted by atomic mass is 9.99. The Balaban J connectivity index is 2.12. The van der Waals surface area contributed by atoms with Crippen molar-refractivity contribution in [3.05, 3.63) is 52.2 Å². The van der Waals surface area contributed by atoms with E-state index in [1.807, 2.05) is 0 Å². The molecule has 1 aromatic carbocycles. The minimum atomic E-state index is 0.434. The summed E-state index contributed by atoms with van der Waals surface area (Å²) in [5.41, 5.74) is 4.19. The number of rotatable bonds is 1. The number of aromatic nitrogens is 1. The molecule has 100 valence electrons. The third-order valence-corrected chi connectivity index (χ3v) is 3.97. The number of nitriles is 1. The molecule has 0 saturated carbocycles. The van der Waals surface area contributed by atoms with Crippen LogP contribution >= 0.6 is 11.6 Å². The van der Waals surface area contributed by atoms with Crippen LogP contribution in [0.4, 0.5) is 11.5 Å². The van der Waals surface area contributed by atoms with Crippen LogP contribution < -0.4 is 4.90 Å². The van der Waals surface area contributed by atoms with Crippen molar-refractivity contribution in [1.82, 2.24) is 4.98 Å². The number of fused-ring (bicyclic) bond motifs is 1. The summed E-state index contributed by atoms with van der Waals surface area (Å²) in [6.07, 6.45) is 3.77. The number of halogens is 1. The zero-order valence-corrected chi connectivity index (χ0v) is 12.0. The predicted octanol–water partition coefficient (Wildman–Crippen LogP) is 4.00. The second kappa shape index (κ2) is 5.15. The van der Waals surface area contributed by atoms with E-state index in [-0.39, 0.29) is 0 Å². The number of hydrogen-bond acceptors (Lipinski definition) is 3. The Hall–Kier alpha value is -2.05. The highest BCUT2D eigenvalue weighted by atomic mass is 35.5. The first kappa shape index (κ1) is 13.0. The van der Waals surface area contributed by atoms with Crippen LogP contribution in [0.1, 0.15) is 23.1 Å². The van der Waals surface area contributed by atoms with E-state index in [4.69, 9.17) is 16.9 Å². The van der Waals surface area contributed by atoms with E-state index in [0.29, 0.717) is 16.4 Å². The molecular formula is C16H14ClN3. The van der Waals surface area contributed by atoms with Crippen molar-refractivity contribution in [2.24, 2.45) is 0 Å². The van der Waals surface area contributed by atoms with E-state index in [1.165, 1.54) is 11.1 Å². The van der Waals surface area contributed by atoms with Crippen LogP contribution in [0.2, 0.25) is 5.02 Å². The van der Waals surface area contributed by atoms with E-state index in [2.05, 4.69) is 41.1 Å². The molecule has 1 aliphatic heterocycles. The standard InChI is InChI=1S/C16H14ClN3/c1-11-4-5-14-12(9-11)3-2-8-20(14)16-15(17)13(10-18)6-7-19-16/h4-7,9H,2-3,8H2,1H3. The third kappa shape index (κ3) is 2.13. The lowest BCUT2D eigenvalue weighted by Crippen LogP contribution is -2.25. The average molecular weight is 284 g/mol. The Morgan fingerprint density at radius 3 is 3.00 bits per heavy atom. The van der Waals surface area contributed by atoms with Crippen molar-refractivity contribution in [2.75, 3.05) is 11.4 Å². The monoisotopic (exact) mass is 283 g/mol. The normalized spacial score (nSPS) is 13.8. The van der Waals surface area contributed by atoms with Crippen molar-refractivity contribution in [1.29, 1.82) is 5.26 Å². The maximum atomic E-state index is 9.09. The Morgan fingerprint density at radius 2 is 2.20 bits per heavy atom. The highest BCUT2D eigenvalue weighted by Crippen LogP contribution is 2.37. The van der Waals surface area contributed by atoms with Gasteiger partial charge in [-0.3, -0.25) is 0 Å². The summed E-state index contributed by atoms with van der Waals surface area (Å²) in [4.78, 5) is 6.49. The van der Waals surface area contributed by atoms with E-state index < -0.39 is 0 Å². The molecule has 0 spiro atoms. The molecule has 0 unspecified atom stereocenters. The first-order chi connectivity index (χ1) is 9.70. The van der Waals surface area contributed by atoms with Gasteiger partial charge in [0.2, 0.25) is 0 Å². The van der Waals surface area contributed by atoms with Gasteiger partial charge in [0.05, 0.1) is 5.56 Å². The zero-order chi connectivity index (χ0) is 14.1. The molecule has 0 radical (unpaired) electrons. The summed E-state index contributed by atoms with van der Waals surface area (Å²) in [5, 5.41) is 9.53.